The Hall–Kier alpha value is 0.350. The normalized spacial score (nSPS) is 59.0. The van der Waals surface area contributed by atoms with Gasteiger partial charge in [0, 0.05) is 4.75 Å². The highest BCUT2D eigenvalue weighted by molar-refractivity contribution is 8.00. The number of rotatable bonds is 1. The molecule has 15 heavy (non-hydrogen) atoms. The van der Waals surface area contributed by atoms with Crippen molar-refractivity contribution in [3.05, 3.63) is 0 Å². The molecule has 2 saturated carbocycles. The molecule has 2 aliphatic carbocycles. The first-order valence-corrected chi connectivity index (χ1v) is 7.74. The van der Waals surface area contributed by atoms with Crippen LogP contribution in [0.15, 0.2) is 0 Å². The first-order valence-electron chi connectivity index (χ1n) is 6.76. The van der Waals surface area contributed by atoms with Crippen molar-refractivity contribution < 1.29 is 0 Å². The lowest BCUT2D eigenvalue weighted by Gasteiger charge is -2.41. The molecule has 3 fully saturated rings. The van der Waals surface area contributed by atoms with Gasteiger partial charge in [-0.15, -0.1) is 0 Å². The smallest absolute Gasteiger partial charge is 0.0163 e. The second-order valence-electron chi connectivity index (χ2n) is 6.48. The molecule has 0 nitrogen and oxygen atoms in total. The highest BCUT2D eigenvalue weighted by Gasteiger charge is 2.54. The molecule has 1 heteroatoms. The van der Waals surface area contributed by atoms with Crippen LogP contribution in [0.2, 0.25) is 0 Å². The third-order valence-electron chi connectivity index (χ3n) is 5.93. The zero-order valence-electron chi connectivity index (χ0n) is 10.3. The molecule has 6 unspecified atom stereocenters. The minimum atomic E-state index is 0.661. The van der Waals surface area contributed by atoms with Crippen molar-refractivity contribution >= 4 is 11.8 Å². The van der Waals surface area contributed by atoms with E-state index in [1.807, 2.05) is 0 Å². The summed E-state index contributed by atoms with van der Waals surface area (Å²) in [5.74, 6) is 6.65. The van der Waals surface area contributed by atoms with Crippen molar-refractivity contribution in [1.82, 2.24) is 0 Å². The van der Waals surface area contributed by atoms with E-state index in [1.54, 1.807) is 12.8 Å². The quantitative estimate of drug-likeness (QED) is 0.643. The zero-order valence-corrected chi connectivity index (χ0v) is 11.1. The molecule has 0 aromatic heterocycles. The van der Waals surface area contributed by atoms with Crippen molar-refractivity contribution in [3.8, 4) is 0 Å². The van der Waals surface area contributed by atoms with Crippen LogP contribution in [0.5, 0.6) is 0 Å². The SMILES string of the molecule is CC1C2CC(C1C)C(C1(C)CCCS1)C2. The Kier molecular flexibility index (Phi) is 2.39. The summed E-state index contributed by atoms with van der Waals surface area (Å²) in [5, 5.41) is 0. The minimum Gasteiger partial charge on any atom is -0.155 e. The maximum Gasteiger partial charge on any atom is 0.0163 e. The topological polar surface area (TPSA) is 0 Å². The number of hydrogen-bond donors (Lipinski definition) is 0. The Morgan fingerprint density at radius 3 is 2.47 bits per heavy atom. The average molecular weight is 224 g/mol. The molecule has 0 spiro atoms. The lowest BCUT2D eigenvalue weighted by Crippen LogP contribution is -2.37. The average Bonchev–Trinajstić information content (AvgIpc) is 2.86. The lowest BCUT2D eigenvalue weighted by molar-refractivity contribution is 0.158. The fraction of sp³-hybridized carbons (Fsp3) is 1.00. The van der Waals surface area contributed by atoms with E-state index in [2.05, 4.69) is 32.5 Å². The molecule has 2 bridgehead atoms. The number of hydrogen-bond acceptors (Lipinski definition) is 1. The largest absolute Gasteiger partial charge is 0.155 e. The van der Waals surface area contributed by atoms with Crippen molar-refractivity contribution in [2.45, 2.75) is 51.2 Å². The molecular formula is C14H24S. The van der Waals surface area contributed by atoms with Crippen LogP contribution < -0.4 is 0 Å². The second-order valence-corrected chi connectivity index (χ2v) is 8.11. The van der Waals surface area contributed by atoms with Gasteiger partial charge in [0.15, 0.2) is 0 Å². The Morgan fingerprint density at radius 2 is 1.93 bits per heavy atom. The lowest BCUT2D eigenvalue weighted by atomic mass is 9.70. The third kappa shape index (κ3) is 1.41. The Balaban J connectivity index is 1.80. The van der Waals surface area contributed by atoms with E-state index in [9.17, 15) is 0 Å². The molecule has 6 atom stereocenters. The summed E-state index contributed by atoms with van der Waals surface area (Å²) >= 11 is 2.28. The maximum atomic E-state index is 2.56. The highest BCUT2D eigenvalue weighted by Crippen LogP contribution is 2.62. The van der Waals surface area contributed by atoms with Gasteiger partial charge in [-0.1, -0.05) is 20.8 Å². The van der Waals surface area contributed by atoms with E-state index in [4.69, 9.17) is 0 Å². The van der Waals surface area contributed by atoms with Crippen LogP contribution in [0, 0.1) is 29.6 Å². The van der Waals surface area contributed by atoms with Crippen LogP contribution in [0.25, 0.3) is 0 Å². The summed E-state index contributed by atoms with van der Waals surface area (Å²) in [7, 11) is 0. The van der Waals surface area contributed by atoms with Gasteiger partial charge in [0.2, 0.25) is 0 Å². The predicted octanol–water partition coefficient (Wildman–Crippen LogP) is 4.20. The van der Waals surface area contributed by atoms with Crippen LogP contribution in [0.3, 0.4) is 0 Å². The van der Waals surface area contributed by atoms with E-state index in [0.717, 1.165) is 29.6 Å². The van der Waals surface area contributed by atoms with Crippen LogP contribution in [-0.4, -0.2) is 10.5 Å². The molecule has 0 aromatic carbocycles. The van der Waals surface area contributed by atoms with Crippen molar-refractivity contribution in [1.29, 1.82) is 0 Å². The van der Waals surface area contributed by atoms with E-state index in [1.165, 1.54) is 18.6 Å². The Bertz CT molecular complexity index is 252. The maximum absolute atomic E-state index is 2.56. The molecule has 0 N–H and O–H groups in total. The van der Waals surface area contributed by atoms with E-state index in [-0.39, 0.29) is 0 Å². The summed E-state index contributed by atoms with van der Waals surface area (Å²) in [5.41, 5.74) is 0. The van der Waals surface area contributed by atoms with Gasteiger partial charge in [0.25, 0.3) is 0 Å². The van der Waals surface area contributed by atoms with Crippen molar-refractivity contribution in [2.24, 2.45) is 29.6 Å². The molecule has 0 amide bonds. The molecule has 3 rings (SSSR count). The van der Waals surface area contributed by atoms with E-state index in [0.29, 0.717) is 4.75 Å². The Labute approximate surface area is 98.6 Å². The van der Waals surface area contributed by atoms with Crippen LogP contribution in [0.1, 0.15) is 46.5 Å². The van der Waals surface area contributed by atoms with Gasteiger partial charge >= 0.3 is 0 Å². The summed E-state index contributed by atoms with van der Waals surface area (Å²) in [6, 6.07) is 0. The molecule has 0 aromatic rings. The fourth-order valence-electron chi connectivity index (χ4n) is 4.74. The summed E-state index contributed by atoms with van der Waals surface area (Å²) < 4.78 is 0.661. The van der Waals surface area contributed by atoms with Crippen LogP contribution in [0.4, 0.5) is 0 Å². The van der Waals surface area contributed by atoms with Crippen LogP contribution in [-0.2, 0) is 0 Å². The molecule has 0 radical (unpaired) electrons. The second kappa shape index (κ2) is 3.42. The molecular weight excluding hydrogens is 200 g/mol. The van der Waals surface area contributed by atoms with E-state index >= 15 is 0 Å². The molecule has 1 aliphatic heterocycles. The molecule has 1 saturated heterocycles. The zero-order chi connectivity index (χ0) is 10.6. The minimum absolute atomic E-state index is 0.661. The molecule has 3 aliphatic rings. The Morgan fingerprint density at radius 1 is 1.13 bits per heavy atom. The number of thioether (sulfide) groups is 1. The third-order valence-corrected chi connectivity index (χ3v) is 7.59. The number of fused-ring (bicyclic) bond motifs is 2. The van der Waals surface area contributed by atoms with Gasteiger partial charge in [-0.3, -0.25) is 0 Å². The first-order chi connectivity index (χ1) is 7.12. The predicted molar refractivity (Wildman–Crippen MR) is 68.1 cm³/mol. The monoisotopic (exact) mass is 224 g/mol. The van der Waals surface area contributed by atoms with Gasteiger partial charge in [-0.2, -0.15) is 11.8 Å². The van der Waals surface area contributed by atoms with Crippen LogP contribution >= 0.6 is 11.8 Å². The van der Waals surface area contributed by atoms with Gasteiger partial charge < -0.3 is 0 Å². The van der Waals surface area contributed by atoms with Gasteiger partial charge in [0.05, 0.1) is 0 Å². The molecule has 1 heterocycles. The summed E-state index contributed by atoms with van der Waals surface area (Å²) in [4.78, 5) is 0. The van der Waals surface area contributed by atoms with E-state index < -0.39 is 0 Å². The highest BCUT2D eigenvalue weighted by atomic mass is 32.2. The van der Waals surface area contributed by atoms with Gasteiger partial charge in [-0.05, 0) is 61.0 Å². The standard InChI is InChI=1S/C14H24S/c1-9-10(2)12-7-11(9)8-13(12)14(3)5-4-6-15-14/h9-13H,4-8H2,1-3H3. The summed E-state index contributed by atoms with van der Waals surface area (Å²) in [6.45, 7) is 7.58. The van der Waals surface area contributed by atoms with Crippen molar-refractivity contribution in [2.75, 3.05) is 5.75 Å². The fourth-order valence-corrected chi connectivity index (χ4v) is 6.26. The van der Waals surface area contributed by atoms with Gasteiger partial charge in [-0.25, -0.2) is 0 Å². The summed E-state index contributed by atoms with van der Waals surface area (Å²) in [6.07, 6.45) is 6.08. The van der Waals surface area contributed by atoms with Gasteiger partial charge in [0.1, 0.15) is 0 Å². The molecule has 86 valence electrons. The van der Waals surface area contributed by atoms with Crippen molar-refractivity contribution in [3.63, 3.8) is 0 Å². The first kappa shape index (κ1) is 10.5.